The predicted octanol–water partition coefficient (Wildman–Crippen LogP) is 3.00. The second kappa shape index (κ2) is 12.4. The summed E-state index contributed by atoms with van der Waals surface area (Å²) in [7, 11) is -2.49. The van der Waals surface area contributed by atoms with Crippen molar-refractivity contribution in [2.45, 2.75) is 6.54 Å². The Morgan fingerprint density at radius 3 is 2.38 bits per heavy atom. The van der Waals surface area contributed by atoms with Gasteiger partial charge in [-0.15, -0.1) is 0 Å². The standard InChI is InChI=1S/C23H22BrN7O5S/c1-34-19-13-26-23(27-14-19)36-11-10-35-22-20(16-5-7-17(24)8-6-16)21(28-15-29-22)31-37(32,33)30-12-18-4-2-3-9-25-18/h2-9,13-15,30H,10-12H2,1H3,(H,28,29,31). The van der Waals surface area contributed by atoms with Crippen molar-refractivity contribution in [3.8, 4) is 28.8 Å². The number of ether oxygens (including phenoxy) is 3. The lowest BCUT2D eigenvalue weighted by Gasteiger charge is -2.16. The second-order valence-electron chi connectivity index (χ2n) is 7.26. The van der Waals surface area contributed by atoms with Crippen molar-refractivity contribution < 1.29 is 22.6 Å². The molecule has 2 N–H and O–H groups in total. The Morgan fingerprint density at radius 2 is 1.68 bits per heavy atom. The van der Waals surface area contributed by atoms with E-state index in [9.17, 15) is 8.42 Å². The highest BCUT2D eigenvalue weighted by atomic mass is 79.9. The van der Waals surface area contributed by atoms with Crippen molar-refractivity contribution in [1.29, 1.82) is 0 Å². The van der Waals surface area contributed by atoms with Gasteiger partial charge in [0.15, 0.2) is 11.6 Å². The predicted molar refractivity (Wildman–Crippen MR) is 138 cm³/mol. The van der Waals surface area contributed by atoms with E-state index < -0.39 is 10.2 Å². The molecule has 0 aliphatic carbocycles. The number of hydrogen-bond donors (Lipinski definition) is 2. The van der Waals surface area contributed by atoms with E-state index in [1.807, 2.05) is 12.1 Å². The summed E-state index contributed by atoms with van der Waals surface area (Å²) in [5.41, 5.74) is 1.56. The number of aromatic nitrogens is 5. The number of nitrogens with zero attached hydrogens (tertiary/aromatic N) is 5. The molecular weight excluding hydrogens is 566 g/mol. The number of pyridine rings is 1. The van der Waals surface area contributed by atoms with Crippen LogP contribution in [0.1, 0.15) is 5.69 Å². The van der Waals surface area contributed by atoms with Gasteiger partial charge in [-0.3, -0.25) is 9.71 Å². The number of hydrogen-bond acceptors (Lipinski definition) is 10. The molecule has 0 amide bonds. The van der Waals surface area contributed by atoms with Crippen LogP contribution in [0.2, 0.25) is 0 Å². The zero-order chi connectivity index (χ0) is 26.1. The molecule has 3 heterocycles. The van der Waals surface area contributed by atoms with Gasteiger partial charge >= 0.3 is 16.2 Å². The fourth-order valence-electron chi connectivity index (χ4n) is 3.02. The summed E-state index contributed by atoms with van der Waals surface area (Å²) in [5, 5.41) is 0. The van der Waals surface area contributed by atoms with Crippen LogP contribution in [0.3, 0.4) is 0 Å². The van der Waals surface area contributed by atoms with Crippen molar-refractivity contribution >= 4 is 32.0 Å². The van der Waals surface area contributed by atoms with Crippen LogP contribution in [0, 0.1) is 0 Å². The fraction of sp³-hybridized carbons (Fsp3) is 0.174. The smallest absolute Gasteiger partial charge is 0.316 e. The third-order valence-corrected chi connectivity index (χ3v) is 6.25. The molecule has 0 saturated carbocycles. The van der Waals surface area contributed by atoms with Crippen LogP contribution in [0.15, 0.2) is 71.9 Å². The third kappa shape index (κ3) is 7.55. The van der Waals surface area contributed by atoms with E-state index in [0.717, 1.165) is 4.47 Å². The molecule has 14 heteroatoms. The Kier molecular flexibility index (Phi) is 8.77. The number of rotatable bonds is 12. The molecule has 4 aromatic rings. The summed E-state index contributed by atoms with van der Waals surface area (Å²) in [4.78, 5) is 20.5. The quantitative estimate of drug-likeness (QED) is 0.237. The molecular formula is C23H22BrN7O5S. The number of anilines is 1. The maximum absolute atomic E-state index is 12.8. The normalized spacial score (nSPS) is 11.1. The molecule has 0 radical (unpaired) electrons. The van der Waals surface area contributed by atoms with Gasteiger partial charge in [0.2, 0.25) is 5.88 Å². The van der Waals surface area contributed by atoms with Gasteiger partial charge in [-0.2, -0.15) is 23.1 Å². The fourth-order valence-corrected chi connectivity index (χ4v) is 4.11. The second-order valence-corrected chi connectivity index (χ2v) is 9.67. The molecule has 192 valence electrons. The van der Waals surface area contributed by atoms with Crippen molar-refractivity contribution in [3.05, 3.63) is 77.5 Å². The minimum absolute atomic E-state index is 0.00298. The van der Waals surface area contributed by atoms with Crippen molar-refractivity contribution in [2.24, 2.45) is 0 Å². The van der Waals surface area contributed by atoms with E-state index in [1.165, 1.54) is 25.8 Å². The minimum Gasteiger partial charge on any atom is -0.494 e. The zero-order valence-electron chi connectivity index (χ0n) is 19.5. The molecule has 0 bridgehead atoms. The summed E-state index contributed by atoms with van der Waals surface area (Å²) in [5.74, 6) is 0.715. The number of nitrogens with one attached hydrogen (secondary N) is 2. The first-order chi connectivity index (χ1) is 17.9. The van der Waals surface area contributed by atoms with Gasteiger partial charge in [0.05, 0.1) is 37.3 Å². The van der Waals surface area contributed by atoms with Gasteiger partial charge in [-0.25, -0.2) is 9.97 Å². The summed E-state index contributed by atoms with van der Waals surface area (Å²) < 4.78 is 47.7. The Hall–Kier alpha value is -3.88. The summed E-state index contributed by atoms with van der Waals surface area (Å²) in [6.07, 6.45) is 5.77. The highest BCUT2D eigenvalue weighted by Crippen LogP contribution is 2.35. The van der Waals surface area contributed by atoms with Crippen LogP contribution >= 0.6 is 15.9 Å². The maximum atomic E-state index is 12.8. The largest absolute Gasteiger partial charge is 0.494 e. The highest BCUT2D eigenvalue weighted by molar-refractivity contribution is 9.10. The SMILES string of the molecule is COc1cnc(OCCOc2ncnc(NS(=O)(=O)NCc3ccccn3)c2-c2ccc(Br)cc2)nc1. The molecule has 0 aliphatic heterocycles. The molecule has 37 heavy (non-hydrogen) atoms. The molecule has 1 aromatic carbocycles. The van der Waals surface area contributed by atoms with Crippen LogP contribution in [0.4, 0.5) is 5.82 Å². The van der Waals surface area contributed by atoms with Gasteiger partial charge in [-0.1, -0.05) is 34.1 Å². The summed E-state index contributed by atoms with van der Waals surface area (Å²) >= 11 is 3.40. The van der Waals surface area contributed by atoms with E-state index in [0.29, 0.717) is 22.6 Å². The monoisotopic (exact) mass is 587 g/mol. The molecule has 0 spiro atoms. The first kappa shape index (κ1) is 26.2. The summed E-state index contributed by atoms with van der Waals surface area (Å²) in [6.45, 7) is 0.200. The minimum atomic E-state index is -4.00. The molecule has 0 unspecified atom stereocenters. The number of halogens is 1. The first-order valence-corrected chi connectivity index (χ1v) is 13.1. The Bertz CT molecular complexity index is 1410. The van der Waals surface area contributed by atoms with Crippen molar-refractivity contribution in [3.63, 3.8) is 0 Å². The van der Waals surface area contributed by atoms with E-state index in [2.05, 4.69) is 50.3 Å². The lowest BCUT2D eigenvalue weighted by Crippen LogP contribution is -2.30. The molecule has 0 saturated heterocycles. The molecule has 0 aliphatic rings. The molecule has 12 nitrogen and oxygen atoms in total. The van der Waals surface area contributed by atoms with Gasteiger partial charge in [0.25, 0.3) is 0 Å². The van der Waals surface area contributed by atoms with E-state index in [4.69, 9.17) is 14.2 Å². The average Bonchev–Trinajstić information content (AvgIpc) is 2.91. The van der Waals surface area contributed by atoms with E-state index >= 15 is 0 Å². The number of benzene rings is 1. The molecule has 0 atom stereocenters. The molecule has 4 rings (SSSR count). The van der Waals surface area contributed by atoms with Gasteiger partial charge in [-0.05, 0) is 29.8 Å². The van der Waals surface area contributed by atoms with Crippen LogP contribution in [0.5, 0.6) is 17.6 Å². The van der Waals surface area contributed by atoms with Crippen LogP contribution in [0.25, 0.3) is 11.1 Å². The lowest BCUT2D eigenvalue weighted by molar-refractivity contribution is 0.201. The third-order valence-electron chi connectivity index (χ3n) is 4.74. The Morgan fingerprint density at radius 1 is 0.919 bits per heavy atom. The van der Waals surface area contributed by atoms with Crippen molar-refractivity contribution in [2.75, 3.05) is 25.0 Å². The van der Waals surface area contributed by atoms with Gasteiger partial charge in [0, 0.05) is 10.7 Å². The molecule has 0 fully saturated rings. The van der Waals surface area contributed by atoms with Gasteiger partial charge in [0.1, 0.15) is 19.5 Å². The van der Waals surface area contributed by atoms with Gasteiger partial charge < -0.3 is 14.2 Å². The van der Waals surface area contributed by atoms with Crippen molar-refractivity contribution in [1.82, 2.24) is 29.6 Å². The Balaban J connectivity index is 1.50. The van der Waals surface area contributed by atoms with Crippen LogP contribution in [-0.2, 0) is 16.8 Å². The maximum Gasteiger partial charge on any atom is 0.316 e. The summed E-state index contributed by atoms with van der Waals surface area (Å²) in [6, 6.07) is 12.6. The van der Waals surface area contributed by atoms with Crippen LogP contribution < -0.4 is 23.7 Å². The molecule has 3 aromatic heterocycles. The zero-order valence-corrected chi connectivity index (χ0v) is 21.9. The van der Waals surface area contributed by atoms with E-state index in [-0.39, 0.29) is 37.5 Å². The average molecular weight is 588 g/mol. The Labute approximate surface area is 221 Å². The topological polar surface area (TPSA) is 150 Å². The lowest BCUT2D eigenvalue weighted by atomic mass is 10.1. The number of methoxy groups -OCH3 is 1. The first-order valence-electron chi connectivity index (χ1n) is 10.8. The highest BCUT2D eigenvalue weighted by Gasteiger charge is 2.20. The van der Waals surface area contributed by atoms with Crippen LogP contribution in [-0.4, -0.2) is 53.7 Å². The van der Waals surface area contributed by atoms with E-state index in [1.54, 1.807) is 36.5 Å².